The molecule has 0 atom stereocenters. The minimum atomic E-state index is 0. The van der Waals surface area contributed by atoms with Gasteiger partial charge in [-0.15, -0.1) is 0 Å². The molecule has 0 aromatic heterocycles. The molecule has 1 N–H and O–H groups in total. The average molecular weight is 451 g/mol. The van der Waals surface area contributed by atoms with Crippen LogP contribution in [-0.4, -0.2) is 43.8 Å². The fraction of sp³-hybridized carbons (Fsp3) is 0.958. The zero-order valence-electron chi connectivity index (χ0n) is 20.1. The number of quaternary nitrogens is 1. The fourth-order valence-corrected chi connectivity index (χ4v) is 4.11. The first kappa shape index (κ1) is 31.3. The Balaban J connectivity index is 0. The molecule has 1 aliphatic heterocycles. The maximum Gasteiger partial charge on any atom is 0.230 e. The van der Waals surface area contributed by atoms with Gasteiger partial charge in [0.05, 0.1) is 27.7 Å². The molecule has 0 aliphatic carbocycles. The largest absolute Gasteiger partial charge is 1.00 e. The van der Waals surface area contributed by atoms with Crippen LogP contribution in [0.25, 0.3) is 0 Å². The normalized spacial score (nSPS) is 13.4. The van der Waals surface area contributed by atoms with Crippen molar-refractivity contribution >= 4 is 17.9 Å². The summed E-state index contributed by atoms with van der Waals surface area (Å²) in [6.07, 6.45) is 24.1. The first-order valence-electron chi connectivity index (χ1n) is 12.2. The van der Waals surface area contributed by atoms with Gasteiger partial charge in [0.2, 0.25) is 5.91 Å². The highest BCUT2D eigenvalue weighted by atomic mass is 35.5. The molecule has 0 aromatic rings. The zero-order valence-corrected chi connectivity index (χ0v) is 21.6. The minimum Gasteiger partial charge on any atom is -1.00 e. The summed E-state index contributed by atoms with van der Waals surface area (Å²) in [6, 6.07) is 0. The van der Waals surface area contributed by atoms with Crippen molar-refractivity contribution in [2.45, 2.75) is 116 Å². The lowest BCUT2D eigenvalue weighted by molar-refractivity contribution is -0.870. The van der Waals surface area contributed by atoms with Gasteiger partial charge in [0.1, 0.15) is 0 Å². The Morgan fingerprint density at radius 3 is 1.34 bits per heavy atom. The zero-order chi connectivity index (χ0) is 20.9. The second kappa shape index (κ2) is 22.7. The molecule has 1 aliphatic rings. The quantitative estimate of drug-likeness (QED) is 0.205. The number of carbonyl (C=O) groups is 1. The highest BCUT2D eigenvalue weighted by Gasteiger charge is 2.06. The summed E-state index contributed by atoms with van der Waals surface area (Å²) in [4.78, 5) is 10.1. The van der Waals surface area contributed by atoms with E-state index in [1.807, 2.05) is 0 Å². The Morgan fingerprint density at radius 1 is 0.724 bits per heavy atom. The van der Waals surface area contributed by atoms with Gasteiger partial charge in [-0.1, -0.05) is 96.8 Å². The average Bonchev–Trinajstić information content (AvgIpc) is 3.12. The third-order valence-electron chi connectivity index (χ3n) is 5.30. The van der Waals surface area contributed by atoms with Gasteiger partial charge in [-0.05, 0) is 24.8 Å². The number of unbranched alkanes of at least 4 members (excludes halogenated alkanes) is 15. The molecule has 1 saturated heterocycles. The van der Waals surface area contributed by atoms with E-state index in [1.165, 1.54) is 121 Å². The number of halogens is 1. The lowest BCUT2D eigenvalue weighted by Crippen LogP contribution is -3.00. The van der Waals surface area contributed by atoms with Gasteiger partial charge in [-0.3, -0.25) is 4.79 Å². The van der Waals surface area contributed by atoms with Crippen molar-refractivity contribution in [2.75, 3.05) is 33.4 Å². The highest BCUT2D eigenvalue weighted by molar-refractivity contribution is 7.98. The van der Waals surface area contributed by atoms with E-state index in [-0.39, 0.29) is 18.3 Å². The van der Waals surface area contributed by atoms with Gasteiger partial charge >= 0.3 is 0 Å². The summed E-state index contributed by atoms with van der Waals surface area (Å²) in [5.41, 5.74) is 0. The third kappa shape index (κ3) is 28.1. The van der Waals surface area contributed by atoms with Gasteiger partial charge in [0, 0.05) is 12.2 Å². The molecule has 3 nitrogen and oxygen atoms in total. The van der Waals surface area contributed by atoms with Crippen molar-refractivity contribution < 1.29 is 21.7 Å². The molecule has 29 heavy (non-hydrogen) atoms. The molecule has 0 spiro atoms. The van der Waals surface area contributed by atoms with Crippen LogP contribution in [0.2, 0.25) is 0 Å². The minimum absolute atomic E-state index is 0. The molecular formula is C24H51ClN2OS. The lowest BCUT2D eigenvalue weighted by atomic mass is 10.0. The van der Waals surface area contributed by atoms with E-state index in [0.717, 1.165) is 10.2 Å². The van der Waals surface area contributed by atoms with E-state index < -0.39 is 0 Å². The van der Waals surface area contributed by atoms with Gasteiger partial charge in [0.25, 0.3) is 0 Å². The molecule has 0 unspecified atom stereocenters. The van der Waals surface area contributed by atoms with Crippen LogP contribution in [0.4, 0.5) is 0 Å². The summed E-state index contributed by atoms with van der Waals surface area (Å²) in [7, 11) is 6.89. The van der Waals surface area contributed by atoms with Crippen LogP contribution >= 0.6 is 11.9 Å². The Kier molecular flexibility index (Phi) is 24.5. The van der Waals surface area contributed by atoms with E-state index in [2.05, 4.69) is 32.8 Å². The first-order chi connectivity index (χ1) is 13.5. The Morgan fingerprint density at radius 2 is 1.10 bits per heavy atom. The molecule has 176 valence electrons. The Bertz CT molecular complexity index is 340. The van der Waals surface area contributed by atoms with Crippen LogP contribution in [0, 0.1) is 0 Å². The standard InChI is InChI=1S/C21H46N.C3H5NOS.ClH/c1-5-6-7-8-9-10-11-12-13-14-15-16-17-18-19-20-21-22(2,3)4;5-3-1-2-6-4-3;/h5-21H2,1-4H3;1-2H2,(H,4,5);1H/q+1;;/p-1. The third-order valence-corrected chi connectivity index (χ3v) is 6.08. The number of amides is 1. The lowest BCUT2D eigenvalue weighted by Gasteiger charge is -2.23. The molecule has 0 aromatic carbocycles. The SMILES string of the molecule is CCCCCCCCCCCCCCCCCC[N+](C)(C)C.O=C1CCSN1.[Cl-]. The number of nitrogens with zero attached hydrogens (tertiary/aromatic N) is 1. The monoisotopic (exact) mass is 450 g/mol. The maximum absolute atomic E-state index is 10.1. The van der Waals surface area contributed by atoms with Crippen molar-refractivity contribution in [3.05, 3.63) is 0 Å². The topological polar surface area (TPSA) is 29.1 Å². The smallest absolute Gasteiger partial charge is 0.230 e. The summed E-state index contributed by atoms with van der Waals surface area (Å²) >= 11 is 1.48. The van der Waals surface area contributed by atoms with E-state index >= 15 is 0 Å². The van der Waals surface area contributed by atoms with E-state index in [0.29, 0.717) is 6.42 Å². The van der Waals surface area contributed by atoms with E-state index in [1.54, 1.807) is 0 Å². The molecule has 1 heterocycles. The number of rotatable bonds is 17. The number of nitrogens with one attached hydrogen (secondary N) is 1. The van der Waals surface area contributed by atoms with Crippen LogP contribution in [0.15, 0.2) is 0 Å². The molecular weight excluding hydrogens is 400 g/mol. The van der Waals surface area contributed by atoms with Gasteiger partial charge < -0.3 is 21.6 Å². The Hall–Kier alpha value is 0.0700. The Labute approximate surface area is 193 Å². The number of carbonyl (C=O) groups excluding carboxylic acids is 1. The van der Waals surface area contributed by atoms with Crippen molar-refractivity contribution in [3.8, 4) is 0 Å². The second-order valence-electron chi connectivity index (χ2n) is 9.44. The first-order valence-corrected chi connectivity index (χ1v) is 13.2. The molecule has 5 heteroatoms. The highest BCUT2D eigenvalue weighted by Crippen LogP contribution is 2.14. The number of hydrogen-bond donors (Lipinski definition) is 1. The van der Waals surface area contributed by atoms with E-state index in [9.17, 15) is 4.79 Å². The van der Waals surface area contributed by atoms with Crippen LogP contribution in [0.5, 0.6) is 0 Å². The summed E-state index contributed by atoms with van der Waals surface area (Å²) in [5, 5.41) is 0. The van der Waals surface area contributed by atoms with Crippen molar-refractivity contribution in [2.24, 2.45) is 0 Å². The fourth-order valence-electron chi connectivity index (χ4n) is 3.46. The van der Waals surface area contributed by atoms with Gasteiger partial charge in [-0.2, -0.15) is 0 Å². The van der Waals surface area contributed by atoms with Crippen molar-refractivity contribution in [1.29, 1.82) is 0 Å². The predicted octanol–water partition coefficient (Wildman–Crippen LogP) is 4.11. The number of hydrogen-bond acceptors (Lipinski definition) is 2. The van der Waals surface area contributed by atoms with Crippen molar-refractivity contribution in [3.63, 3.8) is 0 Å². The summed E-state index contributed by atoms with van der Waals surface area (Å²) < 4.78 is 3.72. The molecule has 0 radical (unpaired) electrons. The van der Waals surface area contributed by atoms with Crippen LogP contribution in [0.1, 0.15) is 116 Å². The summed E-state index contributed by atoms with van der Waals surface area (Å²) in [6.45, 7) is 3.63. The van der Waals surface area contributed by atoms with Crippen LogP contribution in [-0.2, 0) is 4.79 Å². The molecule has 1 fully saturated rings. The van der Waals surface area contributed by atoms with Crippen LogP contribution in [0.3, 0.4) is 0 Å². The van der Waals surface area contributed by atoms with E-state index in [4.69, 9.17) is 0 Å². The van der Waals surface area contributed by atoms with Gasteiger partial charge in [0.15, 0.2) is 0 Å². The maximum atomic E-state index is 10.1. The van der Waals surface area contributed by atoms with Gasteiger partial charge in [-0.25, -0.2) is 0 Å². The summed E-state index contributed by atoms with van der Waals surface area (Å²) in [5.74, 6) is 1.11. The molecule has 0 saturated carbocycles. The van der Waals surface area contributed by atoms with Crippen molar-refractivity contribution in [1.82, 2.24) is 4.72 Å². The predicted molar refractivity (Wildman–Crippen MR) is 128 cm³/mol. The second-order valence-corrected chi connectivity index (χ2v) is 10.3. The molecule has 0 bridgehead atoms. The van der Waals surface area contributed by atoms with Crippen LogP contribution < -0.4 is 17.1 Å². The molecule has 1 amide bonds. The molecule has 1 rings (SSSR count).